The zero-order valence-electron chi connectivity index (χ0n) is 11.3. The summed E-state index contributed by atoms with van der Waals surface area (Å²) < 4.78 is 5.71. The summed E-state index contributed by atoms with van der Waals surface area (Å²) in [5, 5.41) is 2.83. The van der Waals surface area contributed by atoms with Crippen molar-refractivity contribution in [3.05, 3.63) is 11.8 Å². The SMILES string of the molecule is C[C@@H]1NC(=O)C[C@@H]1N1CC(OC(C)(C)C)=CC1=O. The van der Waals surface area contributed by atoms with Gasteiger partial charge in [-0.05, 0) is 27.7 Å². The predicted molar refractivity (Wildman–Crippen MR) is 66.6 cm³/mol. The molecule has 0 spiro atoms. The summed E-state index contributed by atoms with van der Waals surface area (Å²) >= 11 is 0. The van der Waals surface area contributed by atoms with E-state index in [1.807, 2.05) is 27.7 Å². The Hall–Kier alpha value is -1.52. The Labute approximate surface area is 107 Å². The van der Waals surface area contributed by atoms with Crippen molar-refractivity contribution in [1.29, 1.82) is 0 Å². The van der Waals surface area contributed by atoms with Crippen molar-refractivity contribution in [2.45, 2.75) is 51.8 Å². The number of nitrogens with one attached hydrogen (secondary N) is 1. The van der Waals surface area contributed by atoms with E-state index in [1.54, 1.807) is 4.90 Å². The predicted octanol–water partition coefficient (Wildman–Crippen LogP) is 0.805. The average Bonchev–Trinajstić information content (AvgIpc) is 2.67. The Morgan fingerprint density at radius 1 is 1.39 bits per heavy atom. The van der Waals surface area contributed by atoms with Gasteiger partial charge in [0.1, 0.15) is 11.4 Å². The summed E-state index contributed by atoms with van der Waals surface area (Å²) in [6.07, 6.45) is 1.91. The van der Waals surface area contributed by atoms with Crippen molar-refractivity contribution >= 4 is 11.8 Å². The zero-order valence-corrected chi connectivity index (χ0v) is 11.3. The molecule has 2 amide bonds. The monoisotopic (exact) mass is 252 g/mol. The maximum Gasteiger partial charge on any atom is 0.250 e. The van der Waals surface area contributed by atoms with Crippen molar-refractivity contribution in [3.63, 3.8) is 0 Å². The lowest BCUT2D eigenvalue weighted by molar-refractivity contribution is -0.127. The molecular weight excluding hydrogens is 232 g/mol. The molecule has 2 atom stereocenters. The first kappa shape index (κ1) is 12.9. The fourth-order valence-corrected chi connectivity index (χ4v) is 2.40. The van der Waals surface area contributed by atoms with Gasteiger partial charge in [0.25, 0.3) is 5.91 Å². The van der Waals surface area contributed by atoms with Gasteiger partial charge in [-0.1, -0.05) is 0 Å². The van der Waals surface area contributed by atoms with Crippen molar-refractivity contribution in [1.82, 2.24) is 10.2 Å². The molecular formula is C13H20N2O3. The molecule has 0 unspecified atom stereocenters. The van der Waals surface area contributed by atoms with Gasteiger partial charge in [0.15, 0.2) is 0 Å². The van der Waals surface area contributed by atoms with Crippen LogP contribution in [0.1, 0.15) is 34.1 Å². The molecule has 5 heteroatoms. The number of carbonyl (C=O) groups is 2. The van der Waals surface area contributed by atoms with Crippen molar-refractivity contribution in [3.8, 4) is 0 Å². The molecule has 100 valence electrons. The van der Waals surface area contributed by atoms with Crippen LogP contribution in [-0.2, 0) is 14.3 Å². The standard InChI is InChI=1S/C13H20N2O3/c1-8-10(6-11(16)14-8)15-7-9(5-12(15)17)18-13(2,3)4/h5,8,10H,6-7H2,1-4H3,(H,14,16)/t8-,10-/m0/s1. The highest BCUT2D eigenvalue weighted by Crippen LogP contribution is 2.24. The van der Waals surface area contributed by atoms with Gasteiger partial charge < -0.3 is 15.0 Å². The van der Waals surface area contributed by atoms with E-state index in [4.69, 9.17) is 4.74 Å². The number of hydrogen-bond acceptors (Lipinski definition) is 3. The van der Waals surface area contributed by atoms with E-state index < -0.39 is 0 Å². The summed E-state index contributed by atoms with van der Waals surface area (Å²) in [5.41, 5.74) is -0.308. The minimum absolute atomic E-state index is 0.00355. The number of ether oxygens (including phenoxy) is 1. The molecule has 0 aromatic heterocycles. The van der Waals surface area contributed by atoms with Crippen LogP contribution >= 0.6 is 0 Å². The number of amides is 2. The Kier molecular flexibility index (Phi) is 3.09. The second-order valence-electron chi connectivity index (χ2n) is 5.92. The Morgan fingerprint density at radius 2 is 2.06 bits per heavy atom. The lowest BCUT2D eigenvalue weighted by Gasteiger charge is -2.28. The molecule has 1 N–H and O–H groups in total. The van der Waals surface area contributed by atoms with Crippen molar-refractivity contribution in [2.24, 2.45) is 0 Å². The van der Waals surface area contributed by atoms with Crippen LogP contribution in [-0.4, -0.2) is 40.9 Å². The molecule has 0 aromatic rings. The Balaban J connectivity index is 2.03. The van der Waals surface area contributed by atoms with E-state index in [0.29, 0.717) is 18.7 Å². The summed E-state index contributed by atoms with van der Waals surface area (Å²) in [5.74, 6) is 0.618. The summed E-state index contributed by atoms with van der Waals surface area (Å²) in [4.78, 5) is 25.0. The molecule has 5 nitrogen and oxygen atoms in total. The molecule has 18 heavy (non-hydrogen) atoms. The number of hydrogen-bond donors (Lipinski definition) is 1. The van der Waals surface area contributed by atoms with Gasteiger partial charge >= 0.3 is 0 Å². The van der Waals surface area contributed by atoms with Crippen LogP contribution in [0.25, 0.3) is 0 Å². The first-order valence-electron chi connectivity index (χ1n) is 6.26. The lowest BCUT2D eigenvalue weighted by atomic mass is 10.1. The van der Waals surface area contributed by atoms with Gasteiger partial charge in [-0.2, -0.15) is 0 Å². The Morgan fingerprint density at radius 3 is 2.56 bits per heavy atom. The largest absolute Gasteiger partial charge is 0.490 e. The molecule has 1 saturated heterocycles. The fourth-order valence-electron chi connectivity index (χ4n) is 2.40. The molecule has 0 bridgehead atoms. The third-order valence-electron chi connectivity index (χ3n) is 3.09. The van der Waals surface area contributed by atoms with Gasteiger partial charge in [0.05, 0.1) is 12.6 Å². The topological polar surface area (TPSA) is 58.6 Å². The second kappa shape index (κ2) is 4.30. The molecule has 1 fully saturated rings. The quantitative estimate of drug-likeness (QED) is 0.791. The van der Waals surface area contributed by atoms with E-state index in [1.165, 1.54) is 6.08 Å². The van der Waals surface area contributed by atoms with Crippen molar-refractivity contribution in [2.75, 3.05) is 6.54 Å². The smallest absolute Gasteiger partial charge is 0.250 e. The van der Waals surface area contributed by atoms with Crippen LogP contribution in [0, 0.1) is 0 Å². The maximum absolute atomic E-state index is 11.9. The van der Waals surface area contributed by atoms with Gasteiger partial charge in [-0.3, -0.25) is 9.59 Å². The maximum atomic E-state index is 11.9. The van der Waals surface area contributed by atoms with E-state index in [2.05, 4.69) is 5.32 Å². The van der Waals surface area contributed by atoms with Gasteiger partial charge in [0, 0.05) is 18.5 Å². The van der Waals surface area contributed by atoms with E-state index in [9.17, 15) is 9.59 Å². The third-order valence-corrected chi connectivity index (χ3v) is 3.09. The van der Waals surface area contributed by atoms with Crippen LogP contribution in [0.3, 0.4) is 0 Å². The lowest BCUT2D eigenvalue weighted by Crippen LogP contribution is -2.43. The van der Waals surface area contributed by atoms with Crippen LogP contribution in [0.5, 0.6) is 0 Å². The highest BCUT2D eigenvalue weighted by Gasteiger charge is 2.39. The van der Waals surface area contributed by atoms with Gasteiger partial charge in [-0.15, -0.1) is 0 Å². The summed E-state index contributed by atoms with van der Waals surface area (Å²) in [6.45, 7) is 8.23. The highest BCUT2D eigenvalue weighted by molar-refractivity contribution is 5.92. The van der Waals surface area contributed by atoms with Crippen LogP contribution in [0.4, 0.5) is 0 Å². The van der Waals surface area contributed by atoms with Crippen LogP contribution in [0.2, 0.25) is 0 Å². The second-order valence-corrected chi connectivity index (χ2v) is 5.92. The third kappa shape index (κ3) is 2.66. The number of rotatable bonds is 2. The summed E-state index contributed by atoms with van der Waals surface area (Å²) in [6, 6.07) is -0.0637. The van der Waals surface area contributed by atoms with Crippen LogP contribution < -0.4 is 5.32 Å². The highest BCUT2D eigenvalue weighted by atomic mass is 16.5. The molecule has 0 aromatic carbocycles. The Bertz CT molecular complexity index is 409. The molecule has 2 aliphatic rings. The minimum Gasteiger partial charge on any atom is -0.490 e. The fraction of sp³-hybridized carbons (Fsp3) is 0.692. The van der Waals surface area contributed by atoms with E-state index in [0.717, 1.165) is 0 Å². The molecule has 2 rings (SSSR count). The van der Waals surface area contributed by atoms with E-state index >= 15 is 0 Å². The number of nitrogens with zero attached hydrogens (tertiary/aromatic N) is 1. The molecule has 2 aliphatic heterocycles. The molecule has 0 radical (unpaired) electrons. The first-order chi connectivity index (χ1) is 8.26. The van der Waals surface area contributed by atoms with E-state index in [-0.39, 0.29) is 29.5 Å². The first-order valence-corrected chi connectivity index (χ1v) is 6.26. The molecule has 2 heterocycles. The summed E-state index contributed by atoms with van der Waals surface area (Å²) in [7, 11) is 0. The van der Waals surface area contributed by atoms with Crippen LogP contribution in [0.15, 0.2) is 11.8 Å². The zero-order chi connectivity index (χ0) is 13.5. The average molecular weight is 252 g/mol. The minimum atomic E-state index is -0.308. The van der Waals surface area contributed by atoms with Gasteiger partial charge in [0.2, 0.25) is 5.91 Å². The molecule has 0 saturated carbocycles. The molecule has 0 aliphatic carbocycles. The van der Waals surface area contributed by atoms with Crippen molar-refractivity contribution < 1.29 is 14.3 Å². The number of carbonyl (C=O) groups excluding carboxylic acids is 2. The van der Waals surface area contributed by atoms with Gasteiger partial charge in [-0.25, -0.2) is 0 Å². The normalized spacial score (nSPS) is 28.4.